The van der Waals surface area contributed by atoms with Crippen LogP contribution in [0, 0.1) is 0 Å². The van der Waals surface area contributed by atoms with Crippen molar-refractivity contribution in [2.24, 2.45) is 0 Å². The predicted octanol–water partition coefficient (Wildman–Crippen LogP) is 2.77. The predicted molar refractivity (Wildman–Crippen MR) is 120 cm³/mol. The standard InChI is InChI=1S/C20H20ClN3O5S2/c21-15-3-1-2-4-16(15)22-31(27,28)14-5-6-17-18(13-14)30-20(26)24(17)8-7-19(25)23-9-11-29-12-10-23/h1-6,13,22H,7-12H2. The number of rotatable bonds is 6. The summed E-state index contributed by atoms with van der Waals surface area (Å²) in [5.74, 6) is -0.0299. The molecule has 0 bridgehead atoms. The second-order valence-corrected chi connectivity index (χ2v) is 10.1. The van der Waals surface area contributed by atoms with Gasteiger partial charge in [0.1, 0.15) is 0 Å². The normalized spacial score (nSPS) is 14.7. The van der Waals surface area contributed by atoms with Crippen LogP contribution in [-0.2, 0) is 26.1 Å². The van der Waals surface area contributed by atoms with Crippen LogP contribution < -0.4 is 9.60 Å². The Morgan fingerprint density at radius 1 is 1.16 bits per heavy atom. The maximum atomic E-state index is 12.8. The summed E-state index contributed by atoms with van der Waals surface area (Å²) in [6, 6.07) is 11.0. The van der Waals surface area contributed by atoms with Gasteiger partial charge in [0, 0.05) is 26.1 Å². The lowest BCUT2D eigenvalue weighted by atomic mass is 10.3. The Bertz CT molecular complexity index is 1280. The average Bonchev–Trinajstić information content (AvgIpc) is 3.08. The summed E-state index contributed by atoms with van der Waals surface area (Å²) < 4.78 is 35.3. The van der Waals surface area contributed by atoms with Crippen LogP contribution in [-0.4, -0.2) is 50.1 Å². The fourth-order valence-corrected chi connectivity index (χ4v) is 5.73. The summed E-state index contributed by atoms with van der Waals surface area (Å²) in [4.78, 5) is 26.4. The number of aryl methyl sites for hydroxylation is 1. The molecule has 0 unspecified atom stereocenters. The summed E-state index contributed by atoms with van der Waals surface area (Å²) in [5, 5.41) is 0.285. The lowest BCUT2D eigenvalue weighted by molar-refractivity contribution is -0.135. The van der Waals surface area contributed by atoms with Crippen molar-refractivity contribution in [3.05, 3.63) is 57.2 Å². The van der Waals surface area contributed by atoms with Crippen LogP contribution in [0.3, 0.4) is 0 Å². The van der Waals surface area contributed by atoms with Crippen molar-refractivity contribution < 1.29 is 17.9 Å². The number of nitrogens with zero attached hydrogens (tertiary/aromatic N) is 2. The van der Waals surface area contributed by atoms with Gasteiger partial charge >= 0.3 is 4.87 Å². The molecule has 0 spiro atoms. The minimum absolute atomic E-state index is 0.0257. The number of sulfonamides is 1. The van der Waals surface area contributed by atoms with E-state index >= 15 is 0 Å². The van der Waals surface area contributed by atoms with Gasteiger partial charge in [0.25, 0.3) is 10.0 Å². The smallest absolute Gasteiger partial charge is 0.308 e. The van der Waals surface area contributed by atoms with Gasteiger partial charge in [-0.3, -0.25) is 18.9 Å². The number of ether oxygens (including phenoxy) is 1. The van der Waals surface area contributed by atoms with Crippen molar-refractivity contribution in [3.63, 3.8) is 0 Å². The second-order valence-electron chi connectivity index (χ2n) is 6.98. The highest BCUT2D eigenvalue weighted by Gasteiger charge is 2.20. The molecule has 0 aliphatic carbocycles. The molecule has 1 aliphatic heterocycles. The summed E-state index contributed by atoms with van der Waals surface area (Å²) in [5.41, 5.74) is 0.873. The first kappa shape index (κ1) is 21.8. The zero-order valence-corrected chi connectivity index (χ0v) is 18.8. The Kier molecular flexibility index (Phi) is 6.33. The molecule has 2 heterocycles. The monoisotopic (exact) mass is 481 g/mol. The topological polar surface area (TPSA) is 97.7 Å². The number of hydrogen-bond donors (Lipinski definition) is 1. The molecule has 0 saturated carbocycles. The van der Waals surface area contributed by atoms with Gasteiger partial charge in [-0.2, -0.15) is 0 Å². The number of thiazole rings is 1. The van der Waals surface area contributed by atoms with Crippen LogP contribution in [0.1, 0.15) is 6.42 Å². The van der Waals surface area contributed by atoms with E-state index in [9.17, 15) is 18.0 Å². The van der Waals surface area contributed by atoms with Gasteiger partial charge in [0.05, 0.1) is 39.0 Å². The van der Waals surface area contributed by atoms with Crippen molar-refractivity contribution in [1.82, 2.24) is 9.47 Å². The molecule has 1 N–H and O–H groups in total. The highest BCUT2D eigenvalue weighted by molar-refractivity contribution is 7.92. The molecule has 1 saturated heterocycles. The first-order valence-electron chi connectivity index (χ1n) is 9.61. The number of anilines is 1. The van der Waals surface area contributed by atoms with Gasteiger partial charge in [-0.1, -0.05) is 35.1 Å². The summed E-state index contributed by atoms with van der Waals surface area (Å²) in [7, 11) is -3.88. The lowest BCUT2D eigenvalue weighted by Gasteiger charge is -2.26. The van der Waals surface area contributed by atoms with Crippen molar-refractivity contribution in [2.45, 2.75) is 17.9 Å². The molecule has 11 heteroatoms. The average molecular weight is 482 g/mol. The van der Waals surface area contributed by atoms with Crippen LogP contribution in [0.2, 0.25) is 5.02 Å². The number of fused-ring (bicyclic) bond motifs is 1. The van der Waals surface area contributed by atoms with Gasteiger partial charge in [-0.25, -0.2) is 8.42 Å². The minimum atomic E-state index is -3.88. The van der Waals surface area contributed by atoms with E-state index in [1.165, 1.54) is 16.7 Å². The molecule has 8 nitrogen and oxygen atoms in total. The maximum Gasteiger partial charge on any atom is 0.308 e. The number of morpholine rings is 1. The number of amides is 1. The number of carbonyl (C=O) groups is 1. The van der Waals surface area contributed by atoms with Gasteiger partial charge in [-0.15, -0.1) is 0 Å². The van der Waals surface area contributed by atoms with E-state index in [1.54, 1.807) is 35.2 Å². The molecule has 1 aliphatic rings. The Labute approximate surface area is 188 Å². The van der Waals surface area contributed by atoms with E-state index < -0.39 is 10.0 Å². The SMILES string of the molecule is O=C(CCn1c(=O)sc2cc(S(=O)(=O)Nc3ccccc3Cl)ccc21)N1CCOCC1. The molecule has 0 atom stereocenters. The number of nitrogens with one attached hydrogen (secondary N) is 1. The number of hydrogen-bond acceptors (Lipinski definition) is 6. The van der Waals surface area contributed by atoms with Crippen LogP contribution in [0.25, 0.3) is 10.2 Å². The molecule has 164 valence electrons. The van der Waals surface area contributed by atoms with E-state index in [1.807, 2.05) is 0 Å². The molecule has 1 aromatic heterocycles. The molecule has 31 heavy (non-hydrogen) atoms. The third-order valence-corrected chi connectivity index (χ3v) is 7.62. The number of para-hydroxylation sites is 1. The third-order valence-electron chi connectivity index (χ3n) is 4.98. The Morgan fingerprint density at radius 2 is 1.90 bits per heavy atom. The highest BCUT2D eigenvalue weighted by atomic mass is 35.5. The second kappa shape index (κ2) is 8.99. The molecule has 1 fully saturated rings. The van der Waals surface area contributed by atoms with Crippen molar-refractivity contribution in [3.8, 4) is 0 Å². The zero-order chi connectivity index (χ0) is 22.0. The number of carbonyl (C=O) groups excluding carboxylic acids is 1. The van der Waals surface area contributed by atoms with E-state index in [2.05, 4.69) is 4.72 Å². The summed E-state index contributed by atoms with van der Waals surface area (Å²) >= 11 is 7.00. The zero-order valence-electron chi connectivity index (χ0n) is 16.4. The van der Waals surface area contributed by atoms with Crippen LogP contribution >= 0.6 is 22.9 Å². The Balaban J connectivity index is 1.54. The first-order valence-corrected chi connectivity index (χ1v) is 12.3. The van der Waals surface area contributed by atoms with Crippen LogP contribution in [0.15, 0.2) is 52.2 Å². The van der Waals surface area contributed by atoms with Crippen molar-refractivity contribution in [1.29, 1.82) is 0 Å². The molecular weight excluding hydrogens is 462 g/mol. The van der Waals surface area contributed by atoms with E-state index in [4.69, 9.17) is 16.3 Å². The van der Waals surface area contributed by atoms with E-state index in [0.29, 0.717) is 36.5 Å². The largest absolute Gasteiger partial charge is 0.378 e. The minimum Gasteiger partial charge on any atom is -0.378 e. The molecule has 3 aromatic rings. The lowest BCUT2D eigenvalue weighted by Crippen LogP contribution is -2.41. The maximum absolute atomic E-state index is 12.8. The van der Waals surface area contributed by atoms with Gasteiger partial charge in [0.15, 0.2) is 0 Å². The number of aromatic nitrogens is 1. The van der Waals surface area contributed by atoms with Gasteiger partial charge < -0.3 is 9.64 Å². The number of benzene rings is 2. The molecule has 2 aromatic carbocycles. The molecule has 4 rings (SSSR count). The Morgan fingerprint density at radius 3 is 2.65 bits per heavy atom. The summed E-state index contributed by atoms with van der Waals surface area (Å²) in [6.07, 6.45) is 0.194. The van der Waals surface area contributed by atoms with E-state index in [-0.39, 0.29) is 39.4 Å². The summed E-state index contributed by atoms with van der Waals surface area (Å²) in [6.45, 7) is 2.38. The highest BCUT2D eigenvalue weighted by Crippen LogP contribution is 2.26. The van der Waals surface area contributed by atoms with Crippen molar-refractivity contribution in [2.75, 3.05) is 31.0 Å². The third kappa shape index (κ3) is 4.77. The van der Waals surface area contributed by atoms with Crippen LogP contribution in [0.5, 0.6) is 0 Å². The number of halogens is 1. The van der Waals surface area contributed by atoms with E-state index in [0.717, 1.165) is 11.3 Å². The first-order chi connectivity index (χ1) is 14.8. The molecule has 0 radical (unpaired) electrons. The van der Waals surface area contributed by atoms with Crippen molar-refractivity contribution >= 4 is 54.8 Å². The van der Waals surface area contributed by atoms with Crippen LogP contribution in [0.4, 0.5) is 5.69 Å². The fraction of sp³-hybridized carbons (Fsp3) is 0.300. The quantitative estimate of drug-likeness (QED) is 0.583. The van der Waals surface area contributed by atoms with Gasteiger partial charge in [0.2, 0.25) is 5.91 Å². The molecule has 1 amide bonds. The molecular formula is C20H20ClN3O5S2. The Hall–Kier alpha value is -2.40. The fourth-order valence-electron chi connectivity index (χ4n) is 3.35. The van der Waals surface area contributed by atoms with Gasteiger partial charge in [-0.05, 0) is 30.3 Å².